The maximum absolute atomic E-state index is 10.8. The van der Waals surface area contributed by atoms with Gasteiger partial charge in [-0.15, -0.1) is 11.8 Å². The van der Waals surface area contributed by atoms with Gasteiger partial charge in [-0.2, -0.15) is 0 Å². The molecular formula is C12H10N2O2S. The number of aromatic nitrogens is 2. The molecule has 2 aromatic rings. The molecular weight excluding hydrogens is 236 g/mol. The number of hydrogen-bond donors (Lipinski definition) is 1. The highest BCUT2D eigenvalue weighted by Gasteiger charge is 2.04. The Morgan fingerprint density at radius 2 is 2.00 bits per heavy atom. The van der Waals surface area contributed by atoms with Gasteiger partial charge in [-0.25, -0.2) is 14.8 Å². The van der Waals surface area contributed by atoms with Crippen LogP contribution in [0.5, 0.6) is 0 Å². The molecule has 0 aliphatic rings. The van der Waals surface area contributed by atoms with E-state index >= 15 is 0 Å². The third-order valence-electron chi connectivity index (χ3n) is 2.07. The van der Waals surface area contributed by atoms with E-state index in [0.717, 1.165) is 10.7 Å². The second-order valence-corrected chi connectivity index (χ2v) is 4.34. The number of nitrogens with zero attached hydrogens (tertiary/aromatic N) is 2. The lowest BCUT2D eigenvalue weighted by Crippen LogP contribution is -1.95. The molecule has 1 N–H and O–H groups in total. The van der Waals surface area contributed by atoms with Crippen molar-refractivity contribution in [3.05, 3.63) is 54.1 Å². The standard InChI is InChI=1S/C12H10N2O2S/c15-12(16)9-3-1-4-10(7-9)17-8-11-13-5-2-6-14-11/h1-7H,8H2,(H,15,16). The van der Waals surface area contributed by atoms with Crippen molar-refractivity contribution < 1.29 is 9.90 Å². The smallest absolute Gasteiger partial charge is 0.335 e. The molecule has 1 aromatic heterocycles. The molecule has 5 heteroatoms. The molecule has 0 radical (unpaired) electrons. The molecule has 4 nitrogen and oxygen atoms in total. The molecule has 2 rings (SSSR count). The van der Waals surface area contributed by atoms with Crippen molar-refractivity contribution >= 4 is 17.7 Å². The first kappa shape index (κ1) is 11.6. The summed E-state index contributed by atoms with van der Waals surface area (Å²) in [6.07, 6.45) is 3.38. The Morgan fingerprint density at radius 3 is 2.71 bits per heavy atom. The average Bonchev–Trinajstić information content (AvgIpc) is 2.38. The number of aromatic carboxylic acids is 1. The highest BCUT2D eigenvalue weighted by molar-refractivity contribution is 7.98. The van der Waals surface area contributed by atoms with Gasteiger partial charge in [0.15, 0.2) is 0 Å². The first-order valence-corrected chi connectivity index (χ1v) is 5.96. The second-order valence-electron chi connectivity index (χ2n) is 3.29. The fourth-order valence-corrected chi connectivity index (χ4v) is 2.10. The Balaban J connectivity index is 2.04. The van der Waals surface area contributed by atoms with E-state index in [-0.39, 0.29) is 0 Å². The van der Waals surface area contributed by atoms with Crippen molar-refractivity contribution in [2.75, 3.05) is 0 Å². The minimum absolute atomic E-state index is 0.295. The number of rotatable bonds is 4. The van der Waals surface area contributed by atoms with Crippen LogP contribution in [-0.4, -0.2) is 21.0 Å². The lowest BCUT2D eigenvalue weighted by atomic mass is 10.2. The number of carboxylic acids is 1. The zero-order chi connectivity index (χ0) is 12.1. The Morgan fingerprint density at radius 1 is 1.24 bits per heavy atom. The van der Waals surface area contributed by atoms with Gasteiger partial charge >= 0.3 is 5.97 Å². The van der Waals surface area contributed by atoms with Gasteiger partial charge in [-0.05, 0) is 24.3 Å². The van der Waals surface area contributed by atoms with Crippen molar-refractivity contribution in [1.82, 2.24) is 9.97 Å². The largest absolute Gasteiger partial charge is 0.478 e. The monoisotopic (exact) mass is 246 g/mol. The summed E-state index contributed by atoms with van der Waals surface area (Å²) in [5.41, 5.74) is 0.295. The Bertz CT molecular complexity index is 517. The van der Waals surface area contributed by atoms with Crippen molar-refractivity contribution in [2.24, 2.45) is 0 Å². The van der Waals surface area contributed by atoms with E-state index < -0.39 is 5.97 Å². The predicted molar refractivity (Wildman–Crippen MR) is 65.0 cm³/mol. The van der Waals surface area contributed by atoms with Crippen molar-refractivity contribution in [1.29, 1.82) is 0 Å². The molecule has 0 aliphatic heterocycles. The van der Waals surface area contributed by atoms with Crippen LogP contribution in [0.15, 0.2) is 47.6 Å². The zero-order valence-corrected chi connectivity index (χ0v) is 9.72. The van der Waals surface area contributed by atoms with Crippen LogP contribution < -0.4 is 0 Å². The Labute approximate surface area is 103 Å². The van der Waals surface area contributed by atoms with Crippen LogP contribution in [-0.2, 0) is 5.75 Å². The molecule has 0 unspecified atom stereocenters. The van der Waals surface area contributed by atoms with Gasteiger partial charge in [0.2, 0.25) is 0 Å². The fourth-order valence-electron chi connectivity index (χ4n) is 1.27. The van der Waals surface area contributed by atoms with Crippen LogP contribution >= 0.6 is 11.8 Å². The highest BCUT2D eigenvalue weighted by atomic mass is 32.2. The quantitative estimate of drug-likeness (QED) is 0.839. The molecule has 0 atom stereocenters. The summed E-state index contributed by atoms with van der Waals surface area (Å²) in [5.74, 6) is 0.450. The maximum Gasteiger partial charge on any atom is 0.335 e. The van der Waals surface area contributed by atoms with Gasteiger partial charge in [0.25, 0.3) is 0 Å². The molecule has 17 heavy (non-hydrogen) atoms. The van der Waals surface area contributed by atoms with E-state index in [4.69, 9.17) is 5.11 Å². The first-order chi connectivity index (χ1) is 8.25. The lowest BCUT2D eigenvalue weighted by Gasteiger charge is -2.01. The zero-order valence-electron chi connectivity index (χ0n) is 8.91. The first-order valence-electron chi connectivity index (χ1n) is 4.98. The molecule has 1 aromatic carbocycles. The second kappa shape index (κ2) is 5.45. The Hall–Kier alpha value is -1.88. The lowest BCUT2D eigenvalue weighted by molar-refractivity contribution is 0.0696. The SMILES string of the molecule is O=C(O)c1cccc(SCc2ncccn2)c1. The van der Waals surface area contributed by atoms with E-state index in [2.05, 4.69) is 9.97 Å². The summed E-state index contributed by atoms with van der Waals surface area (Å²) in [6.45, 7) is 0. The number of hydrogen-bond acceptors (Lipinski definition) is 4. The van der Waals surface area contributed by atoms with Crippen LogP contribution in [0.4, 0.5) is 0 Å². The van der Waals surface area contributed by atoms with E-state index in [1.54, 1.807) is 36.7 Å². The summed E-state index contributed by atoms with van der Waals surface area (Å²) < 4.78 is 0. The summed E-state index contributed by atoms with van der Waals surface area (Å²) in [4.78, 5) is 19.9. The molecule has 0 aliphatic carbocycles. The van der Waals surface area contributed by atoms with Gasteiger partial charge < -0.3 is 5.11 Å². The normalized spacial score (nSPS) is 10.1. The summed E-state index contributed by atoms with van der Waals surface area (Å²) in [5, 5.41) is 8.86. The van der Waals surface area contributed by atoms with E-state index in [1.807, 2.05) is 6.07 Å². The predicted octanol–water partition coefficient (Wildman–Crippen LogP) is 2.47. The van der Waals surface area contributed by atoms with Gasteiger partial charge in [0.1, 0.15) is 5.82 Å². The van der Waals surface area contributed by atoms with Crippen molar-refractivity contribution in [2.45, 2.75) is 10.6 Å². The van der Waals surface area contributed by atoms with Crippen molar-refractivity contribution in [3.63, 3.8) is 0 Å². The molecule has 1 heterocycles. The molecule has 86 valence electrons. The molecule has 0 fully saturated rings. The van der Waals surface area contributed by atoms with Crippen LogP contribution in [0.2, 0.25) is 0 Å². The maximum atomic E-state index is 10.8. The third-order valence-corrected chi connectivity index (χ3v) is 3.06. The topological polar surface area (TPSA) is 63.1 Å². The van der Waals surface area contributed by atoms with Crippen LogP contribution in [0.25, 0.3) is 0 Å². The highest BCUT2D eigenvalue weighted by Crippen LogP contribution is 2.22. The summed E-state index contributed by atoms with van der Waals surface area (Å²) in [7, 11) is 0. The van der Waals surface area contributed by atoms with Gasteiger partial charge in [-0.1, -0.05) is 6.07 Å². The Kier molecular flexibility index (Phi) is 3.72. The van der Waals surface area contributed by atoms with E-state index in [0.29, 0.717) is 11.3 Å². The number of carboxylic acid groups (broad SMARTS) is 1. The average molecular weight is 246 g/mol. The van der Waals surface area contributed by atoms with Crippen molar-refractivity contribution in [3.8, 4) is 0 Å². The summed E-state index contributed by atoms with van der Waals surface area (Å²) in [6, 6.07) is 8.60. The molecule has 0 saturated carbocycles. The van der Waals surface area contributed by atoms with Crippen LogP contribution in [0.3, 0.4) is 0 Å². The minimum Gasteiger partial charge on any atom is -0.478 e. The third kappa shape index (κ3) is 3.29. The van der Waals surface area contributed by atoms with E-state index in [9.17, 15) is 4.79 Å². The summed E-state index contributed by atoms with van der Waals surface area (Å²) >= 11 is 1.52. The van der Waals surface area contributed by atoms with Crippen LogP contribution in [0, 0.1) is 0 Å². The number of carbonyl (C=O) groups is 1. The van der Waals surface area contributed by atoms with Gasteiger partial charge in [-0.3, -0.25) is 0 Å². The number of benzene rings is 1. The van der Waals surface area contributed by atoms with E-state index in [1.165, 1.54) is 11.8 Å². The van der Waals surface area contributed by atoms with Crippen LogP contribution in [0.1, 0.15) is 16.2 Å². The molecule has 0 bridgehead atoms. The van der Waals surface area contributed by atoms with Gasteiger partial charge in [0.05, 0.1) is 11.3 Å². The number of thioether (sulfide) groups is 1. The van der Waals surface area contributed by atoms with Gasteiger partial charge in [0, 0.05) is 17.3 Å². The minimum atomic E-state index is -0.914. The molecule has 0 spiro atoms. The molecule has 0 amide bonds. The fraction of sp³-hybridized carbons (Fsp3) is 0.0833. The molecule has 0 saturated heterocycles.